The van der Waals surface area contributed by atoms with Crippen LogP contribution in [0.1, 0.15) is 0 Å². The van der Waals surface area contributed by atoms with E-state index in [2.05, 4.69) is 4.65 Å². The van der Waals surface area contributed by atoms with Crippen molar-refractivity contribution >= 4 is 30.5 Å². The third-order valence-corrected chi connectivity index (χ3v) is 2.03. The Balaban J connectivity index is 3.04. The van der Waals surface area contributed by atoms with Gasteiger partial charge in [0.15, 0.2) is 0 Å². The molecule has 76 valence electrons. The Labute approximate surface area is 91.1 Å². The van der Waals surface area contributed by atoms with E-state index in [0.717, 1.165) is 0 Å². The van der Waals surface area contributed by atoms with Gasteiger partial charge < -0.3 is 19.4 Å². The summed E-state index contributed by atoms with van der Waals surface area (Å²) in [4.78, 5) is 0. The van der Waals surface area contributed by atoms with Crippen molar-refractivity contribution in [1.29, 1.82) is 0 Å². The maximum atomic E-state index is 8.56. The number of benzene rings is 1. The third kappa shape index (κ3) is 2.68. The van der Waals surface area contributed by atoms with E-state index in [1.807, 2.05) is 0 Å². The monoisotopic (exact) mass is 236 g/mol. The van der Waals surface area contributed by atoms with Crippen LogP contribution in [0.2, 0.25) is 10.0 Å². The van der Waals surface area contributed by atoms with E-state index in [1.165, 1.54) is 19.2 Å². The van der Waals surface area contributed by atoms with Gasteiger partial charge in [0.05, 0.1) is 17.2 Å². The van der Waals surface area contributed by atoms with E-state index in [9.17, 15) is 0 Å². The summed E-state index contributed by atoms with van der Waals surface area (Å²) in [5, 5.41) is 17.6. The molecule has 0 spiro atoms. The van der Waals surface area contributed by atoms with Crippen LogP contribution in [-0.4, -0.2) is 24.5 Å². The molecule has 0 atom stereocenters. The summed E-state index contributed by atoms with van der Waals surface area (Å²) in [5.74, 6) is 0.426. The van der Waals surface area contributed by atoms with Crippen LogP contribution in [0.25, 0.3) is 0 Å². The number of hydrogen-bond acceptors (Lipinski definition) is 4. The van der Waals surface area contributed by atoms with E-state index >= 15 is 0 Å². The number of hydrogen-bond donors (Lipinski definition) is 2. The minimum atomic E-state index is -1.93. The third-order valence-electron chi connectivity index (χ3n) is 1.44. The Hall–Kier alpha value is -0.615. The molecule has 0 aromatic heterocycles. The van der Waals surface area contributed by atoms with Crippen molar-refractivity contribution < 1.29 is 19.4 Å². The highest BCUT2D eigenvalue weighted by atomic mass is 35.5. The topological polar surface area (TPSA) is 58.9 Å². The SMILES string of the molecule is COc1cc(OB(O)O)c(Cl)cc1Cl. The zero-order valence-corrected chi connectivity index (χ0v) is 8.71. The normalized spacial score (nSPS) is 9.79. The van der Waals surface area contributed by atoms with Crippen molar-refractivity contribution in [3.8, 4) is 11.5 Å². The highest BCUT2D eigenvalue weighted by molar-refractivity contribution is 6.38. The molecule has 0 aliphatic carbocycles. The van der Waals surface area contributed by atoms with Crippen molar-refractivity contribution in [2.24, 2.45) is 0 Å². The van der Waals surface area contributed by atoms with Crippen molar-refractivity contribution in [3.05, 3.63) is 22.2 Å². The highest BCUT2D eigenvalue weighted by Crippen LogP contribution is 2.35. The van der Waals surface area contributed by atoms with E-state index < -0.39 is 7.32 Å². The molecule has 0 aliphatic heterocycles. The van der Waals surface area contributed by atoms with Crippen molar-refractivity contribution in [2.45, 2.75) is 0 Å². The van der Waals surface area contributed by atoms with Gasteiger partial charge in [-0.05, 0) is 6.07 Å². The molecule has 0 amide bonds. The Bertz CT molecular complexity index is 332. The fraction of sp³-hybridized carbons (Fsp3) is 0.143. The number of rotatable bonds is 3. The molecule has 0 heterocycles. The van der Waals surface area contributed by atoms with E-state index in [4.69, 9.17) is 38.0 Å². The first-order valence-corrected chi connectivity index (χ1v) is 4.36. The van der Waals surface area contributed by atoms with Crippen LogP contribution in [0, 0.1) is 0 Å². The van der Waals surface area contributed by atoms with Crippen LogP contribution in [0.4, 0.5) is 0 Å². The molecule has 0 fully saturated rings. The molecule has 0 bridgehead atoms. The average Bonchev–Trinajstić information content (AvgIpc) is 2.09. The predicted molar refractivity (Wildman–Crippen MR) is 53.8 cm³/mol. The molecule has 0 saturated carbocycles. The summed E-state index contributed by atoms with van der Waals surface area (Å²) >= 11 is 11.5. The first kappa shape index (κ1) is 11.5. The molecule has 2 N–H and O–H groups in total. The van der Waals surface area contributed by atoms with Gasteiger partial charge in [0, 0.05) is 6.07 Å². The van der Waals surface area contributed by atoms with Crippen LogP contribution in [0.5, 0.6) is 11.5 Å². The van der Waals surface area contributed by atoms with Gasteiger partial charge in [0.1, 0.15) is 11.5 Å². The van der Waals surface area contributed by atoms with Crippen molar-refractivity contribution in [3.63, 3.8) is 0 Å². The van der Waals surface area contributed by atoms with E-state index in [1.54, 1.807) is 0 Å². The number of halogens is 2. The molecule has 1 aromatic carbocycles. The molecule has 14 heavy (non-hydrogen) atoms. The molecule has 0 aliphatic rings. The maximum Gasteiger partial charge on any atom is 0.707 e. The van der Waals surface area contributed by atoms with Gasteiger partial charge in [0.25, 0.3) is 0 Å². The lowest BCUT2D eigenvalue weighted by atomic mass is 10.2. The van der Waals surface area contributed by atoms with Gasteiger partial charge >= 0.3 is 7.32 Å². The second-order valence-corrected chi connectivity index (χ2v) is 3.18. The molecule has 1 rings (SSSR count). The summed E-state index contributed by atoms with van der Waals surface area (Å²) in [6.07, 6.45) is 0. The molecule has 1 aromatic rings. The molecule has 0 saturated heterocycles. The molecular weight excluding hydrogens is 230 g/mol. The van der Waals surface area contributed by atoms with Gasteiger partial charge in [-0.15, -0.1) is 0 Å². The molecule has 0 unspecified atom stereocenters. The Morgan fingerprint density at radius 3 is 2.21 bits per heavy atom. The first-order valence-electron chi connectivity index (χ1n) is 3.60. The number of ether oxygens (including phenoxy) is 1. The predicted octanol–water partition coefficient (Wildman–Crippen LogP) is 1.35. The van der Waals surface area contributed by atoms with Gasteiger partial charge in [-0.3, -0.25) is 0 Å². The Morgan fingerprint density at radius 1 is 1.14 bits per heavy atom. The van der Waals surface area contributed by atoms with Gasteiger partial charge in [-0.25, -0.2) is 0 Å². The summed E-state index contributed by atoms with van der Waals surface area (Å²) < 4.78 is 9.47. The minimum Gasteiger partial charge on any atom is -0.511 e. The Kier molecular flexibility index (Phi) is 3.89. The fourth-order valence-corrected chi connectivity index (χ4v) is 1.38. The van der Waals surface area contributed by atoms with Crippen LogP contribution in [-0.2, 0) is 0 Å². The zero-order chi connectivity index (χ0) is 10.7. The van der Waals surface area contributed by atoms with E-state index in [0.29, 0.717) is 10.8 Å². The molecule has 7 heteroatoms. The van der Waals surface area contributed by atoms with Gasteiger partial charge in [-0.1, -0.05) is 23.2 Å². The van der Waals surface area contributed by atoms with Crippen LogP contribution in [0.15, 0.2) is 12.1 Å². The largest absolute Gasteiger partial charge is 0.707 e. The number of methoxy groups -OCH3 is 1. The lowest BCUT2D eigenvalue weighted by molar-refractivity contribution is 0.287. The highest BCUT2D eigenvalue weighted by Gasteiger charge is 2.16. The van der Waals surface area contributed by atoms with E-state index in [-0.39, 0.29) is 10.8 Å². The second-order valence-electron chi connectivity index (χ2n) is 2.36. The fourth-order valence-electron chi connectivity index (χ4n) is 0.871. The van der Waals surface area contributed by atoms with Gasteiger partial charge in [0.2, 0.25) is 0 Å². The molecule has 4 nitrogen and oxygen atoms in total. The summed E-state index contributed by atoms with van der Waals surface area (Å²) in [5.41, 5.74) is 0. The van der Waals surface area contributed by atoms with Gasteiger partial charge in [-0.2, -0.15) is 0 Å². The summed E-state index contributed by atoms with van der Waals surface area (Å²) in [6, 6.07) is 2.75. The Morgan fingerprint density at radius 2 is 1.71 bits per heavy atom. The maximum absolute atomic E-state index is 8.56. The second kappa shape index (κ2) is 4.75. The van der Waals surface area contributed by atoms with Crippen molar-refractivity contribution in [2.75, 3.05) is 7.11 Å². The minimum absolute atomic E-state index is 0.0860. The quantitative estimate of drug-likeness (QED) is 0.778. The average molecular weight is 237 g/mol. The summed E-state index contributed by atoms with van der Waals surface area (Å²) in [7, 11) is -0.507. The van der Waals surface area contributed by atoms with Crippen LogP contribution in [0.3, 0.4) is 0 Å². The zero-order valence-electron chi connectivity index (χ0n) is 7.20. The lowest BCUT2D eigenvalue weighted by Crippen LogP contribution is -2.20. The van der Waals surface area contributed by atoms with Crippen LogP contribution < -0.4 is 9.39 Å². The van der Waals surface area contributed by atoms with Crippen molar-refractivity contribution in [1.82, 2.24) is 0 Å². The molecule has 0 radical (unpaired) electrons. The molecular formula is C7H7BCl2O4. The first-order chi connectivity index (χ1) is 6.54. The lowest BCUT2D eigenvalue weighted by Gasteiger charge is -2.09. The summed E-state index contributed by atoms with van der Waals surface area (Å²) in [6.45, 7) is 0. The smallest absolute Gasteiger partial charge is 0.511 e. The van der Waals surface area contributed by atoms with Crippen LogP contribution >= 0.6 is 23.2 Å². The standard InChI is InChI=1S/C7H7BCl2O4/c1-13-6-3-7(14-8(11)12)5(10)2-4(6)9/h2-3,11-12H,1H3.